The molecule has 1 heterocycles. The Morgan fingerprint density at radius 2 is 2.15 bits per heavy atom. The summed E-state index contributed by atoms with van der Waals surface area (Å²) in [5.74, 6) is -0.855. The number of piperidine rings is 1. The van der Waals surface area contributed by atoms with Crippen molar-refractivity contribution in [3.05, 3.63) is 35.1 Å². The van der Waals surface area contributed by atoms with E-state index in [2.05, 4.69) is 11.0 Å². The van der Waals surface area contributed by atoms with Crippen molar-refractivity contribution in [3.63, 3.8) is 0 Å². The molecule has 0 atom stereocenters. The monoisotopic (exact) mass is 276 g/mol. The third-order valence-electron chi connectivity index (χ3n) is 3.75. The van der Waals surface area contributed by atoms with Crippen molar-refractivity contribution in [2.45, 2.75) is 25.8 Å². The Hall–Kier alpha value is -1.93. The van der Waals surface area contributed by atoms with Crippen molar-refractivity contribution in [1.29, 1.82) is 5.26 Å². The number of aliphatic carboxylic acids is 1. The van der Waals surface area contributed by atoms with Gasteiger partial charge in [-0.2, -0.15) is 5.26 Å². The molecule has 0 unspecified atom stereocenters. The van der Waals surface area contributed by atoms with Crippen LogP contribution in [0.4, 0.5) is 4.39 Å². The normalized spacial score (nSPS) is 16.8. The van der Waals surface area contributed by atoms with Crippen LogP contribution in [0.3, 0.4) is 0 Å². The van der Waals surface area contributed by atoms with E-state index < -0.39 is 5.97 Å². The van der Waals surface area contributed by atoms with Crippen LogP contribution >= 0.6 is 0 Å². The van der Waals surface area contributed by atoms with Gasteiger partial charge in [0.25, 0.3) is 0 Å². The fourth-order valence-corrected chi connectivity index (χ4v) is 2.64. The molecule has 2 rings (SSSR count). The number of benzene rings is 1. The predicted molar refractivity (Wildman–Crippen MR) is 71.4 cm³/mol. The molecule has 1 aliphatic heterocycles. The Balaban J connectivity index is 1.94. The number of carboxylic acids is 1. The molecule has 0 aromatic heterocycles. The molecule has 1 aromatic rings. The standard InChI is InChI=1S/C15H17FN2O2/c16-14-2-1-12(9-17)13(8-14)10-18-5-3-11(4-6-18)7-15(19)20/h1-2,8,11H,3-7,10H2,(H,19,20). The Bertz CT molecular complexity index is 531. The van der Waals surface area contributed by atoms with Crippen LogP contribution < -0.4 is 0 Å². The lowest BCUT2D eigenvalue weighted by Gasteiger charge is -2.31. The molecule has 4 nitrogen and oxygen atoms in total. The van der Waals surface area contributed by atoms with Crippen molar-refractivity contribution in [2.75, 3.05) is 13.1 Å². The van der Waals surface area contributed by atoms with E-state index in [1.807, 2.05) is 0 Å². The van der Waals surface area contributed by atoms with Gasteiger partial charge in [0.2, 0.25) is 0 Å². The molecule has 0 aliphatic carbocycles. The third kappa shape index (κ3) is 3.78. The maximum absolute atomic E-state index is 13.3. The summed E-state index contributed by atoms with van der Waals surface area (Å²) in [6.07, 6.45) is 1.89. The van der Waals surface area contributed by atoms with Crippen LogP contribution in [-0.4, -0.2) is 29.1 Å². The minimum atomic E-state index is -0.750. The number of nitriles is 1. The zero-order valence-corrected chi connectivity index (χ0v) is 11.2. The first-order valence-corrected chi connectivity index (χ1v) is 6.71. The number of hydrogen-bond acceptors (Lipinski definition) is 3. The van der Waals surface area contributed by atoms with Gasteiger partial charge in [0.15, 0.2) is 0 Å². The summed E-state index contributed by atoms with van der Waals surface area (Å²) in [6, 6.07) is 6.28. The van der Waals surface area contributed by atoms with Crippen LogP contribution in [0.5, 0.6) is 0 Å². The van der Waals surface area contributed by atoms with Gasteiger partial charge in [-0.3, -0.25) is 9.69 Å². The van der Waals surface area contributed by atoms with Gasteiger partial charge in [-0.1, -0.05) is 0 Å². The van der Waals surface area contributed by atoms with Gasteiger partial charge >= 0.3 is 5.97 Å². The van der Waals surface area contributed by atoms with Crippen molar-refractivity contribution >= 4 is 5.97 Å². The first-order valence-electron chi connectivity index (χ1n) is 6.71. The minimum Gasteiger partial charge on any atom is -0.481 e. The number of halogens is 1. The molecule has 106 valence electrons. The number of carboxylic acid groups (broad SMARTS) is 1. The van der Waals surface area contributed by atoms with Crippen LogP contribution in [0.2, 0.25) is 0 Å². The lowest BCUT2D eigenvalue weighted by atomic mass is 9.93. The van der Waals surface area contributed by atoms with Crippen LogP contribution in [0.25, 0.3) is 0 Å². The predicted octanol–water partition coefficient (Wildman–Crippen LogP) is 2.38. The largest absolute Gasteiger partial charge is 0.481 e. The minimum absolute atomic E-state index is 0.219. The molecule has 0 spiro atoms. The molecular weight excluding hydrogens is 259 g/mol. The third-order valence-corrected chi connectivity index (χ3v) is 3.75. The summed E-state index contributed by atoms with van der Waals surface area (Å²) in [5.41, 5.74) is 1.20. The fourth-order valence-electron chi connectivity index (χ4n) is 2.64. The number of rotatable bonds is 4. The molecule has 0 amide bonds. The number of nitrogens with zero attached hydrogens (tertiary/aromatic N) is 2. The second kappa shape index (κ2) is 6.49. The van der Waals surface area contributed by atoms with E-state index in [1.165, 1.54) is 18.2 Å². The molecule has 1 fully saturated rings. The molecule has 1 N–H and O–H groups in total. The second-order valence-corrected chi connectivity index (χ2v) is 5.23. The average molecular weight is 276 g/mol. The van der Waals surface area contributed by atoms with Crippen LogP contribution in [0.15, 0.2) is 18.2 Å². The highest BCUT2D eigenvalue weighted by Crippen LogP contribution is 2.22. The van der Waals surface area contributed by atoms with Crippen molar-refractivity contribution in [3.8, 4) is 6.07 Å². The Morgan fingerprint density at radius 3 is 2.75 bits per heavy atom. The summed E-state index contributed by atoms with van der Waals surface area (Å²) in [6.45, 7) is 2.12. The molecule has 0 saturated carbocycles. The molecule has 0 radical (unpaired) electrons. The zero-order valence-electron chi connectivity index (χ0n) is 11.2. The average Bonchev–Trinajstić information content (AvgIpc) is 2.41. The van der Waals surface area contributed by atoms with E-state index in [9.17, 15) is 9.18 Å². The fraction of sp³-hybridized carbons (Fsp3) is 0.467. The van der Waals surface area contributed by atoms with Gasteiger partial charge in [0.05, 0.1) is 11.6 Å². The number of likely N-dealkylation sites (tertiary alicyclic amines) is 1. The smallest absolute Gasteiger partial charge is 0.303 e. The first-order chi connectivity index (χ1) is 9.58. The molecule has 0 bridgehead atoms. The lowest BCUT2D eigenvalue weighted by Crippen LogP contribution is -2.34. The topological polar surface area (TPSA) is 64.3 Å². The van der Waals surface area contributed by atoms with Crippen LogP contribution in [0, 0.1) is 23.1 Å². The second-order valence-electron chi connectivity index (χ2n) is 5.23. The quantitative estimate of drug-likeness (QED) is 0.917. The van der Waals surface area contributed by atoms with Gasteiger partial charge in [0.1, 0.15) is 5.82 Å². The number of carbonyl (C=O) groups is 1. The van der Waals surface area contributed by atoms with E-state index in [0.717, 1.165) is 25.9 Å². The van der Waals surface area contributed by atoms with Gasteiger partial charge in [-0.25, -0.2) is 4.39 Å². The SMILES string of the molecule is N#Cc1ccc(F)cc1CN1CCC(CC(=O)O)CC1. The molecule has 1 saturated heterocycles. The highest BCUT2D eigenvalue weighted by Gasteiger charge is 2.21. The molecule has 20 heavy (non-hydrogen) atoms. The Kier molecular flexibility index (Phi) is 4.70. The summed E-state index contributed by atoms with van der Waals surface area (Å²) in [7, 11) is 0. The first kappa shape index (κ1) is 14.5. The Morgan fingerprint density at radius 1 is 1.45 bits per heavy atom. The van der Waals surface area contributed by atoms with E-state index in [1.54, 1.807) is 0 Å². The number of hydrogen-bond donors (Lipinski definition) is 1. The van der Waals surface area contributed by atoms with Gasteiger partial charge in [-0.15, -0.1) is 0 Å². The molecule has 1 aliphatic rings. The lowest BCUT2D eigenvalue weighted by molar-refractivity contribution is -0.138. The van der Waals surface area contributed by atoms with E-state index in [-0.39, 0.29) is 18.2 Å². The maximum Gasteiger partial charge on any atom is 0.303 e. The summed E-state index contributed by atoms with van der Waals surface area (Å²) >= 11 is 0. The van der Waals surface area contributed by atoms with Crippen LogP contribution in [0.1, 0.15) is 30.4 Å². The summed E-state index contributed by atoms with van der Waals surface area (Å²) < 4.78 is 13.3. The highest BCUT2D eigenvalue weighted by molar-refractivity contribution is 5.67. The van der Waals surface area contributed by atoms with E-state index in [0.29, 0.717) is 17.7 Å². The van der Waals surface area contributed by atoms with E-state index >= 15 is 0 Å². The summed E-state index contributed by atoms with van der Waals surface area (Å²) in [5, 5.41) is 17.8. The summed E-state index contributed by atoms with van der Waals surface area (Å²) in [4.78, 5) is 12.8. The highest BCUT2D eigenvalue weighted by atomic mass is 19.1. The van der Waals surface area contributed by atoms with Gasteiger partial charge in [-0.05, 0) is 55.6 Å². The van der Waals surface area contributed by atoms with Crippen LogP contribution in [-0.2, 0) is 11.3 Å². The van der Waals surface area contributed by atoms with Crippen molar-refractivity contribution in [2.24, 2.45) is 5.92 Å². The molecule has 1 aromatic carbocycles. The van der Waals surface area contributed by atoms with E-state index in [4.69, 9.17) is 10.4 Å². The van der Waals surface area contributed by atoms with Crippen molar-refractivity contribution < 1.29 is 14.3 Å². The zero-order chi connectivity index (χ0) is 14.5. The molecule has 5 heteroatoms. The van der Waals surface area contributed by atoms with Gasteiger partial charge < -0.3 is 5.11 Å². The van der Waals surface area contributed by atoms with Gasteiger partial charge in [0, 0.05) is 13.0 Å². The Labute approximate surface area is 117 Å². The van der Waals surface area contributed by atoms with Crippen molar-refractivity contribution in [1.82, 2.24) is 4.90 Å². The maximum atomic E-state index is 13.3. The molecular formula is C15H17FN2O2.